The summed E-state index contributed by atoms with van der Waals surface area (Å²) in [4.78, 5) is 20.0. The number of carbonyl (C=O) groups excluding carboxylic acids is 1. The van der Waals surface area contributed by atoms with Crippen LogP contribution in [-0.2, 0) is 0 Å². The zero-order chi connectivity index (χ0) is 13.0. The number of hydrogen-bond acceptors (Lipinski definition) is 4. The number of aromatic nitrogens is 2. The molecule has 2 rings (SSSR count). The third-order valence-corrected chi connectivity index (χ3v) is 2.94. The van der Waals surface area contributed by atoms with Crippen LogP contribution in [0.15, 0.2) is 41.1 Å². The molecule has 18 heavy (non-hydrogen) atoms. The molecular weight excluding hydrogens is 296 g/mol. The summed E-state index contributed by atoms with van der Waals surface area (Å²) < 4.78 is 0.816. The van der Waals surface area contributed by atoms with Gasteiger partial charge in [-0.1, -0.05) is 12.1 Å². The normalized spacial score (nSPS) is 9.89. The number of nitrogens with one attached hydrogen (secondary N) is 2. The molecular formula is C12H11BrN4O. The molecule has 0 spiro atoms. The average Bonchev–Trinajstić information content (AvgIpc) is 2.41. The van der Waals surface area contributed by atoms with Gasteiger partial charge in [0.25, 0.3) is 5.91 Å². The summed E-state index contributed by atoms with van der Waals surface area (Å²) in [7, 11) is 1.72. The molecule has 0 radical (unpaired) electrons. The molecule has 92 valence electrons. The minimum Gasteiger partial charge on any atom is -0.372 e. The van der Waals surface area contributed by atoms with Gasteiger partial charge >= 0.3 is 0 Å². The maximum absolute atomic E-state index is 12.0. The lowest BCUT2D eigenvalue weighted by atomic mass is 10.3. The van der Waals surface area contributed by atoms with Gasteiger partial charge in [0.15, 0.2) is 0 Å². The number of amides is 1. The predicted molar refractivity (Wildman–Crippen MR) is 73.7 cm³/mol. The minimum absolute atomic E-state index is 0.262. The lowest BCUT2D eigenvalue weighted by Crippen LogP contribution is -2.15. The molecule has 0 fully saturated rings. The van der Waals surface area contributed by atoms with E-state index in [-0.39, 0.29) is 11.6 Å². The highest BCUT2D eigenvalue weighted by atomic mass is 79.9. The molecule has 5 nitrogen and oxygen atoms in total. The Hall–Kier alpha value is -1.95. The van der Waals surface area contributed by atoms with Crippen LogP contribution in [0.3, 0.4) is 0 Å². The van der Waals surface area contributed by atoms with Crippen LogP contribution in [0.2, 0.25) is 0 Å². The van der Waals surface area contributed by atoms with Crippen molar-refractivity contribution in [2.24, 2.45) is 0 Å². The van der Waals surface area contributed by atoms with E-state index >= 15 is 0 Å². The Balaban J connectivity index is 2.19. The molecule has 0 atom stereocenters. The molecule has 6 heteroatoms. The van der Waals surface area contributed by atoms with Crippen molar-refractivity contribution >= 4 is 33.3 Å². The second-order valence-electron chi connectivity index (χ2n) is 3.47. The van der Waals surface area contributed by atoms with Gasteiger partial charge in [-0.2, -0.15) is 0 Å². The maximum atomic E-state index is 12.0. The first-order chi connectivity index (χ1) is 8.70. The van der Waals surface area contributed by atoms with Gasteiger partial charge in [0.2, 0.25) is 0 Å². The topological polar surface area (TPSA) is 66.9 Å². The minimum atomic E-state index is -0.300. The average molecular weight is 307 g/mol. The number of hydrogen-bond donors (Lipinski definition) is 2. The number of anilines is 2. The van der Waals surface area contributed by atoms with E-state index in [4.69, 9.17) is 0 Å². The van der Waals surface area contributed by atoms with Crippen molar-refractivity contribution in [2.75, 3.05) is 17.7 Å². The number of halogens is 1. The third kappa shape index (κ3) is 2.84. The molecule has 0 bridgehead atoms. The highest BCUT2D eigenvalue weighted by molar-refractivity contribution is 9.10. The van der Waals surface area contributed by atoms with Crippen molar-refractivity contribution in [1.29, 1.82) is 0 Å². The molecule has 0 aliphatic heterocycles. The van der Waals surface area contributed by atoms with Gasteiger partial charge in [0, 0.05) is 11.5 Å². The van der Waals surface area contributed by atoms with E-state index in [1.807, 2.05) is 18.2 Å². The molecule has 0 aliphatic rings. The number of benzene rings is 1. The Labute approximate surface area is 113 Å². The van der Waals surface area contributed by atoms with Gasteiger partial charge in [0.1, 0.15) is 11.5 Å². The molecule has 2 aromatic rings. The van der Waals surface area contributed by atoms with Gasteiger partial charge < -0.3 is 10.6 Å². The maximum Gasteiger partial charge on any atom is 0.275 e. The van der Waals surface area contributed by atoms with Crippen molar-refractivity contribution in [3.63, 3.8) is 0 Å². The van der Waals surface area contributed by atoms with E-state index in [2.05, 4.69) is 36.5 Å². The first-order valence-corrected chi connectivity index (χ1v) is 6.05. The number of rotatable bonds is 3. The standard InChI is InChI=1S/C12H11BrN4O/c1-14-11-7-15-6-10(16-11)12(18)17-9-5-3-2-4-8(9)13/h2-7H,1H3,(H,14,16)(H,17,18). The molecule has 2 N–H and O–H groups in total. The summed E-state index contributed by atoms with van der Waals surface area (Å²) in [5.41, 5.74) is 0.955. The van der Waals surface area contributed by atoms with Crippen LogP contribution < -0.4 is 10.6 Å². The van der Waals surface area contributed by atoms with Crippen LogP contribution in [-0.4, -0.2) is 22.9 Å². The second-order valence-corrected chi connectivity index (χ2v) is 4.33. The van der Waals surface area contributed by atoms with E-state index in [1.165, 1.54) is 6.20 Å². The number of nitrogens with zero attached hydrogens (tertiary/aromatic N) is 2. The van der Waals surface area contributed by atoms with Crippen LogP contribution in [0, 0.1) is 0 Å². The Bertz CT molecular complexity index is 574. The lowest BCUT2D eigenvalue weighted by molar-refractivity contribution is 0.102. The third-order valence-electron chi connectivity index (χ3n) is 2.25. The Morgan fingerprint density at radius 3 is 2.78 bits per heavy atom. The highest BCUT2D eigenvalue weighted by Crippen LogP contribution is 2.21. The zero-order valence-electron chi connectivity index (χ0n) is 9.64. The molecule has 1 heterocycles. The second kappa shape index (κ2) is 5.59. The lowest BCUT2D eigenvalue weighted by Gasteiger charge is -2.07. The van der Waals surface area contributed by atoms with E-state index in [9.17, 15) is 4.79 Å². The van der Waals surface area contributed by atoms with E-state index in [0.29, 0.717) is 11.5 Å². The summed E-state index contributed by atoms with van der Waals surface area (Å²) in [6, 6.07) is 7.37. The first kappa shape index (κ1) is 12.5. The smallest absolute Gasteiger partial charge is 0.275 e. The van der Waals surface area contributed by atoms with Gasteiger partial charge in [-0.25, -0.2) is 4.98 Å². The summed E-state index contributed by atoms with van der Waals surface area (Å²) in [5.74, 6) is 0.251. The van der Waals surface area contributed by atoms with Crippen LogP contribution in [0.25, 0.3) is 0 Å². The SMILES string of the molecule is CNc1cncc(C(=O)Nc2ccccc2Br)n1. The Morgan fingerprint density at radius 2 is 2.06 bits per heavy atom. The van der Waals surface area contributed by atoms with Gasteiger partial charge in [-0.15, -0.1) is 0 Å². The van der Waals surface area contributed by atoms with Crippen LogP contribution in [0.5, 0.6) is 0 Å². The fraction of sp³-hybridized carbons (Fsp3) is 0.0833. The monoisotopic (exact) mass is 306 g/mol. The fourth-order valence-corrected chi connectivity index (χ4v) is 1.73. The van der Waals surface area contributed by atoms with Gasteiger partial charge in [-0.05, 0) is 28.1 Å². The summed E-state index contributed by atoms with van der Waals surface area (Å²) >= 11 is 3.36. The molecule has 0 saturated heterocycles. The predicted octanol–water partition coefficient (Wildman–Crippen LogP) is 2.53. The molecule has 0 aliphatic carbocycles. The molecule has 1 aromatic heterocycles. The molecule has 0 saturated carbocycles. The summed E-state index contributed by atoms with van der Waals surface area (Å²) in [5, 5.41) is 5.60. The fourth-order valence-electron chi connectivity index (χ4n) is 1.34. The van der Waals surface area contributed by atoms with Crippen molar-refractivity contribution < 1.29 is 4.79 Å². The first-order valence-electron chi connectivity index (χ1n) is 5.26. The zero-order valence-corrected chi connectivity index (χ0v) is 11.2. The Morgan fingerprint density at radius 1 is 1.28 bits per heavy atom. The van der Waals surface area contributed by atoms with Gasteiger partial charge in [-0.3, -0.25) is 9.78 Å². The van der Waals surface area contributed by atoms with Crippen LogP contribution >= 0.6 is 15.9 Å². The van der Waals surface area contributed by atoms with E-state index in [1.54, 1.807) is 19.3 Å². The molecule has 1 amide bonds. The van der Waals surface area contributed by atoms with Crippen molar-refractivity contribution in [3.8, 4) is 0 Å². The Kier molecular flexibility index (Phi) is 3.88. The van der Waals surface area contributed by atoms with Crippen LogP contribution in [0.4, 0.5) is 11.5 Å². The largest absolute Gasteiger partial charge is 0.372 e. The van der Waals surface area contributed by atoms with Crippen molar-refractivity contribution in [3.05, 3.63) is 46.8 Å². The van der Waals surface area contributed by atoms with Crippen molar-refractivity contribution in [2.45, 2.75) is 0 Å². The summed E-state index contributed by atoms with van der Waals surface area (Å²) in [6.07, 6.45) is 2.97. The molecule has 1 aromatic carbocycles. The summed E-state index contributed by atoms with van der Waals surface area (Å²) in [6.45, 7) is 0. The number of carbonyl (C=O) groups is 1. The van der Waals surface area contributed by atoms with Gasteiger partial charge in [0.05, 0.1) is 18.1 Å². The van der Waals surface area contributed by atoms with E-state index < -0.39 is 0 Å². The molecule has 0 unspecified atom stereocenters. The van der Waals surface area contributed by atoms with E-state index in [0.717, 1.165) is 4.47 Å². The highest BCUT2D eigenvalue weighted by Gasteiger charge is 2.10. The van der Waals surface area contributed by atoms with Crippen molar-refractivity contribution in [1.82, 2.24) is 9.97 Å². The number of para-hydroxylation sites is 1. The quantitative estimate of drug-likeness (QED) is 0.914. The van der Waals surface area contributed by atoms with Crippen LogP contribution in [0.1, 0.15) is 10.5 Å².